The normalized spacial score (nSPS) is 14.0. The first-order chi connectivity index (χ1) is 10.5. The van der Waals surface area contributed by atoms with Crippen LogP contribution in [0.5, 0.6) is 5.75 Å². The summed E-state index contributed by atoms with van der Waals surface area (Å²) in [4.78, 5) is 50.2. The van der Waals surface area contributed by atoms with E-state index in [-0.39, 0.29) is 24.5 Å². The molecular formula is C14H14N2O6. The maximum absolute atomic E-state index is 11.6. The molecule has 0 unspecified atom stereocenters. The molecule has 1 aromatic rings. The molecule has 8 heteroatoms. The van der Waals surface area contributed by atoms with E-state index >= 15 is 0 Å². The van der Waals surface area contributed by atoms with Crippen LogP contribution in [0.4, 0.5) is 4.79 Å². The molecule has 0 saturated carbocycles. The van der Waals surface area contributed by atoms with Crippen LogP contribution in [-0.4, -0.2) is 35.5 Å². The third kappa shape index (κ3) is 3.60. The molecule has 0 spiro atoms. The van der Waals surface area contributed by atoms with E-state index < -0.39 is 18.0 Å². The summed E-state index contributed by atoms with van der Waals surface area (Å²) in [7, 11) is 0. The molecule has 1 heterocycles. The lowest BCUT2D eigenvalue weighted by Crippen LogP contribution is -2.33. The van der Waals surface area contributed by atoms with Gasteiger partial charge in [0.1, 0.15) is 5.75 Å². The van der Waals surface area contributed by atoms with Crippen molar-refractivity contribution < 1.29 is 28.8 Å². The van der Waals surface area contributed by atoms with E-state index in [0.29, 0.717) is 17.2 Å². The number of carbonyl (C=O) groups is 4. The maximum atomic E-state index is 11.6. The molecule has 2 rings (SSSR count). The first-order valence-corrected chi connectivity index (χ1v) is 6.65. The van der Waals surface area contributed by atoms with E-state index in [4.69, 9.17) is 4.74 Å². The molecule has 1 N–H and O–H groups in total. The molecule has 0 aromatic heterocycles. The summed E-state index contributed by atoms with van der Waals surface area (Å²) in [6.45, 7) is 2.30. The van der Waals surface area contributed by atoms with Gasteiger partial charge >= 0.3 is 6.16 Å². The Hall–Kier alpha value is -2.90. The van der Waals surface area contributed by atoms with Gasteiger partial charge in [-0.25, -0.2) is 4.79 Å². The van der Waals surface area contributed by atoms with Crippen LogP contribution in [0.15, 0.2) is 24.3 Å². The zero-order chi connectivity index (χ0) is 16.1. The number of hydroxylamine groups is 2. The van der Waals surface area contributed by atoms with Gasteiger partial charge in [-0.2, -0.15) is 0 Å². The molecule has 116 valence electrons. The predicted octanol–water partition coefficient (Wildman–Crippen LogP) is 1.02. The standard InChI is InChI=1S/C14H14N2O6/c1-2-15-13(19)9-3-5-10(6-4-9)21-14(20)22-16-11(17)7-8-12(16)18/h3-6H,2,7-8H2,1H3,(H,15,19). The van der Waals surface area contributed by atoms with E-state index in [1.54, 1.807) is 6.92 Å². The Balaban J connectivity index is 1.93. The minimum Gasteiger partial charge on any atom is -0.393 e. The number of hydrogen-bond acceptors (Lipinski definition) is 6. The Labute approximate surface area is 125 Å². The molecule has 22 heavy (non-hydrogen) atoms. The molecular weight excluding hydrogens is 292 g/mol. The molecule has 0 aliphatic carbocycles. The first kappa shape index (κ1) is 15.5. The second-order valence-electron chi connectivity index (χ2n) is 4.41. The van der Waals surface area contributed by atoms with Gasteiger partial charge in [-0.1, -0.05) is 5.06 Å². The summed E-state index contributed by atoms with van der Waals surface area (Å²) in [6.07, 6.45) is -1.19. The fraction of sp³-hybridized carbons (Fsp3) is 0.286. The minimum absolute atomic E-state index is 0.00729. The van der Waals surface area contributed by atoms with E-state index in [1.165, 1.54) is 24.3 Å². The second-order valence-corrected chi connectivity index (χ2v) is 4.41. The van der Waals surface area contributed by atoms with Crippen LogP contribution in [0.1, 0.15) is 30.1 Å². The number of hydrogen-bond donors (Lipinski definition) is 1. The molecule has 0 bridgehead atoms. The van der Waals surface area contributed by atoms with Crippen LogP contribution < -0.4 is 10.1 Å². The summed E-state index contributed by atoms with van der Waals surface area (Å²) < 4.78 is 4.83. The number of nitrogens with zero attached hydrogens (tertiary/aromatic N) is 1. The number of imide groups is 1. The van der Waals surface area contributed by atoms with E-state index in [1.807, 2.05) is 0 Å². The molecule has 0 radical (unpaired) electrons. The zero-order valence-corrected chi connectivity index (χ0v) is 11.8. The van der Waals surface area contributed by atoms with Gasteiger partial charge < -0.3 is 10.1 Å². The lowest BCUT2D eigenvalue weighted by molar-refractivity contribution is -0.174. The van der Waals surface area contributed by atoms with E-state index in [0.717, 1.165) is 0 Å². The van der Waals surface area contributed by atoms with Crippen molar-refractivity contribution in [1.29, 1.82) is 0 Å². The highest BCUT2D eigenvalue weighted by Gasteiger charge is 2.33. The molecule has 1 aliphatic heterocycles. The van der Waals surface area contributed by atoms with E-state index in [2.05, 4.69) is 10.2 Å². The van der Waals surface area contributed by atoms with Crippen LogP contribution in [0.3, 0.4) is 0 Å². The van der Waals surface area contributed by atoms with Crippen molar-refractivity contribution in [2.45, 2.75) is 19.8 Å². The van der Waals surface area contributed by atoms with Crippen LogP contribution >= 0.6 is 0 Å². The van der Waals surface area contributed by atoms with Crippen molar-refractivity contribution in [2.75, 3.05) is 6.54 Å². The van der Waals surface area contributed by atoms with Crippen LogP contribution in [0.25, 0.3) is 0 Å². The van der Waals surface area contributed by atoms with Crippen LogP contribution in [-0.2, 0) is 14.4 Å². The Morgan fingerprint density at radius 2 is 1.73 bits per heavy atom. The molecule has 1 saturated heterocycles. The number of amides is 3. The first-order valence-electron chi connectivity index (χ1n) is 6.65. The molecule has 3 amide bonds. The molecule has 8 nitrogen and oxygen atoms in total. The summed E-state index contributed by atoms with van der Waals surface area (Å²) in [6, 6.07) is 5.75. The number of carbonyl (C=O) groups excluding carboxylic acids is 4. The predicted molar refractivity (Wildman–Crippen MR) is 72.6 cm³/mol. The second kappa shape index (κ2) is 6.70. The van der Waals surface area contributed by atoms with Gasteiger partial charge in [-0.15, -0.1) is 0 Å². The lowest BCUT2D eigenvalue weighted by Gasteiger charge is -2.12. The fourth-order valence-electron chi connectivity index (χ4n) is 1.78. The van der Waals surface area contributed by atoms with Crippen LogP contribution in [0, 0.1) is 0 Å². The zero-order valence-electron chi connectivity index (χ0n) is 11.8. The Morgan fingerprint density at radius 1 is 1.14 bits per heavy atom. The average molecular weight is 306 g/mol. The third-order valence-electron chi connectivity index (χ3n) is 2.83. The molecule has 0 atom stereocenters. The van der Waals surface area contributed by atoms with Crippen molar-refractivity contribution in [3.05, 3.63) is 29.8 Å². The molecule has 1 aliphatic rings. The summed E-state index contributed by atoms with van der Waals surface area (Å²) >= 11 is 0. The smallest absolute Gasteiger partial charge is 0.393 e. The highest BCUT2D eigenvalue weighted by atomic mass is 16.8. The Morgan fingerprint density at radius 3 is 2.27 bits per heavy atom. The fourth-order valence-corrected chi connectivity index (χ4v) is 1.78. The minimum atomic E-state index is -1.20. The van der Waals surface area contributed by atoms with Gasteiger partial charge in [-0.3, -0.25) is 19.2 Å². The molecule has 1 fully saturated rings. The van der Waals surface area contributed by atoms with Gasteiger partial charge in [0, 0.05) is 24.9 Å². The number of rotatable bonds is 4. The van der Waals surface area contributed by atoms with Crippen molar-refractivity contribution in [3.63, 3.8) is 0 Å². The number of benzene rings is 1. The van der Waals surface area contributed by atoms with Crippen molar-refractivity contribution in [3.8, 4) is 5.75 Å². The van der Waals surface area contributed by atoms with Gasteiger partial charge in [0.15, 0.2) is 0 Å². The monoisotopic (exact) mass is 306 g/mol. The quantitative estimate of drug-likeness (QED) is 0.506. The summed E-state index contributed by atoms with van der Waals surface area (Å²) in [5.74, 6) is -1.30. The Bertz CT molecular complexity index is 594. The lowest BCUT2D eigenvalue weighted by atomic mass is 10.2. The average Bonchev–Trinajstić information content (AvgIpc) is 2.80. The highest BCUT2D eigenvalue weighted by molar-refractivity contribution is 6.01. The summed E-state index contributed by atoms with van der Waals surface area (Å²) in [5, 5.41) is 3.02. The van der Waals surface area contributed by atoms with Gasteiger partial charge in [0.05, 0.1) is 0 Å². The van der Waals surface area contributed by atoms with Crippen molar-refractivity contribution in [1.82, 2.24) is 10.4 Å². The van der Waals surface area contributed by atoms with Crippen molar-refractivity contribution in [2.24, 2.45) is 0 Å². The highest BCUT2D eigenvalue weighted by Crippen LogP contribution is 2.16. The van der Waals surface area contributed by atoms with Gasteiger partial charge in [-0.05, 0) is 31.2 Å². The van der Waals surface area contributed by atoms with E-state index in [9.17, 15) is 19.2 Å². The summed E-state index contributed by atoms with van der Waals surface area (Å²) in [5.41, 5.74) is 0.410. The molecule has 1 aromatic carbocycles. The van der Waals surface area contributed by atoms with Gasteiger partial charge in [0.2, 0.25) is 0 Å². The van der Waals surface area contributed by atoms with Gasteiger partial charge in [0.25, 0.3) is 17.7 Å². The number of ether oxygens (including phenoxy) is 1. The van der Waals surface area contributed by atoms with Crippen molar-refractivity contribution >= 4 is 23.9 Å². The largest absolute Gasteiger partial charge is 0.539 e. The Kier molecular flexibility index (Phi) is 4.72. The number of nitrogens with one attached hydrogen (secondary N) is 1. The third-order valence-corrected chi connectivity index (χ3v) is 2.83. The topological polar surface area (TPSA) is 102 Å². The SMILES string of the molecule is CCNC(=O)c1ccc(OC(=O)ON2C(=O)CCC2=O)cc1. The maximum Gasteiger partial charge on any atom is 0.539 e. The van der Waals surface area contributed by atoms with Crippen LogP contribution in [0.2, 0.25) is 0 Å².